The Bertz CT molecular complexity index is 331. The lowest BCUT2D eigenvalue weighted by Gasteiger charge is -2.01. The van der Waals surface area contributed by atoms with Gasteiger partial charge in [0.2, 0.25) is 0 Å². The van der Waals surface area contributed by atoms with Crippen LogP contribution in [0.3, 0.4) is 0 Å². The van der Waals surface area contributed by atoms with E-state index in [-0.39, 0.29) is 12.4 Å². The highest BCUT2D eigenvalue weighted by Crippen LogP contribution is 2.25. The fourth-order valence-corrected chi connectivity index (χ4v) is 1.66. The molecule has 1 aromatic rings. The minimum Gasteiger partial charge on any atom is -0.396 e. The van der Waals surface area contributed by atoms with Gasteiger partial charge in [-0.15, -0.1) is 0 Å². The number of nitrogens with zero attached hydrogens (tertiary/aromatic N) is 2. The van der Waals surface area contributed by atoms with Crippen molar-refractivity contribution in [3.05, 3.63) is 5.56 Å². The highest BCUT2D eigenvalue weighted by Gasteiger charge is 2.09. The number of rotatable bonds is 5. The number of hydrogen-bond donors (Lipinski definition) is 3. The molecule has 0 unspecified atom stereocenters. The van der Waals surface area contributed by atoms with E-state index in [0.717, 1.165) is 19.4 Å². The topological polar surface area (TPSA) is 95.0 Å². The Labute approximate surface area is 86.3 Å². The highest BCUT2D eigenvalue weighted by atomic mass is 32.1. The van der Waals surface area contributed by atoms with Gasteiger partial charge in [-0.05, 0) is 24.4 Å². The van der Waals surface area contributed by atoms with Crippen molar-refractivity contribution in [3.63, 3.8) is 0 Å². The summed E-state index contributed by atoms with van der Waals surface area (Å²) in [5.74, 6) is 0.280. The number of anilines is 2. The zero-order chi connectivity index (χ0) is 10.4. The molecule has 14 heavy (non-hydrogen) atoms. The van der Waals surface area contributed by atoms with E-state index in [1.165, 1.54) is 11.5 Å². The molecule has 5 nitrogen and oxygen atoms in total. The number of hydrogen-bond acceptors (Lipinski definition) is 6. The van der Waals surface area contributed by atoms with Crippen molar-refractivity contribution >= 4 is 22.4 Å². The van der Waals surface area contributed by atoms with Gasteiger partial charge in [0.05, 0.1) is 0 Å². The Kier molecular flexibility index (Phi) is 4.16. The molecular formula is C8H12N4OS. The van der Waals surface area contributed by atoms with Gasteiger partial charge >= 0.3 is 0 Å². The third-order valence-corrected chi connectivity index (χ3v) is 2.52. The van der Waals surface area contributed by atoms with Crippen LogP contribution in [0.5, 0.6) is 0 Å². The van der Waals surface area contributed by atoms with Crippen LogP contribution in [0.4, 0.5) is 10.8 Å². The zero-order valence-corrected chi connectivity index (χ0v) is 8.47. The smallest absolute Gasteiger partial charge is 0.157 e. The molecule has 0 aliphatic heterocycles. The molecule has 0 fully saturated rings. The van der Waals surface area contributed by atoms with E-state index in [1.807, 2.05) is 6.07 Å². The molecule has 0 saturated carbocycles. The Morgan fingerprint density at radius 1 is 1.57 bits per heavy atom. The number of nitriles is 1. The van der Waals surface area contributed by atoms with Crippen molar-refractivity contribution in [2.75, 3.05) is 24.2 Å². The first-order valence-electron chi connectivity index (χ1n) is 4.29. The number of aromatic nitrogens is 1. The molecule has 0 bridgehead atoms. The number of unbranched alkanes of at least 4 members (excludes halogenated alkanes) is 1. The Morgan fingerprint density at radius 2 is 2.36 bits per heavy atom. The molecule has 76 valence electrons. The second-order valence-electron chi connectivity index (χ2n) is 2.74. The molecule has 0 atom stereocenters. The summed E-state index contributed by atoms with van der Waals surface area (Å²) in [6, 6.07) is 2.00. The first-order chi connectivity index (χ1) is 6.79. The average Bonchev–Trinajstić information content (AvgIpc) is 2.54. The number of nitrogen functional groups attached to an aromatic ring is 1. The van der Waals surface area contributed by atoms with Crippen LogP contribution in [-0.2, 0) is 0 Å². The van der Waals surface area contributed by atoms with Crippen LogP contribution < -0.4 is 11.1 Å². The van der Waals surface area contributed by atoms with Crippen LogP contribution in [0.15, 0.2) is 0 Å². The van der Waals surface area contributed by atoms with Crippen molar-refractivity contribution in [3.8, 4) is 6.07 Å². The minimum absolute atomic E-state index is 0.192. The van der Waals surface area contributed by atoms with Gasteiger partial charge in [0.15, 0.2) is 5.82 Å². The summed E-state index contributed by atoms with van der Waals surface area (Å²) in [7, 11) is 0. The predicted molar refractivity (Wildman–Crippen MR) is 56.1 cm³/mol. The Morgan fingerprint density at radius 3 is 3.00 bits per heavy atom. The molecule has 4 N–H and O–H groups in total. The van der Waals surface area contributed by atoms with E-state index in [2.05, 4.69) is 9.69 Å². The Balaban J connectivity index is 2.47. The van der Waals surface area contributed by atoms with Gasteiger partial charge < -0.3 is 16.2 Å². The molecule has 1 rings (SSSR count). The lowest BCUT2D eigenvalue weighted by atomic mass is 10.3. The molecule has 0 radical (unpaired) electrons. The van der Waals surface area contributed by atoms with Crippen LogP contribution >= 0.6 is 11.5 Å². The third kappa shape index (κ3) is 2.58. The molecule has 0 aliphatic carbocycles. The van der Waals surface area contributed by atoms with Crippen LogP contribution in [0, 0.1) is 11.3 Å². The van der Waals surface area contributed by atoms with Gasteiger partial charge in [-0.2, -0.15) is 9.64 Å². The standard InChI is InChI=1S/C8H12N4OS/c9-5-6-7(10)12-14-8(6)11-3-1-2-4-13/h11,13H,1-4H2,(H2,10,12). The molecule has 0 aromatic carbocycles. The fourth-order valence-electron chi connectivity index (χ4n) is 0.970. The molecule has 1 aromatic heterocycles. The van der Waals surface area contributed by atoms with E-state index in [4.69, 9.17) is 16.1 Å². The molecule has 6 heteroatoms. The minimum atomic E-state index is 0.192. The number of nitrogens with two attached hydrogens (primary N) is 1. The molecule has 0 aliphatic rings. The maximum Gasteiger partial charge on any atom is 0.157 e. The lowest BCUT2D eigenvalue weighted by Crippen LogP contribution is -2.02. The molecule has 0 amide bonds. The normalized spacial score (nSPS) is 9.71. The number of aliphatic hydroxyl groups excluding tert-OH is 1. The van der Waals surface area contributed by atoms with Gasteiger partial charge in [0.25, 0.3) is 0 Å². The van der Waals surface area contributed by atoms with Gasteiger partial charge in [-0.25, -0.2) is 0 Å². The van der Waals surface area contributed by atoms with Crippen LogP contribution in [0.25, 0.3) is 0 Å². The second kappa shape index (κ2) is 5.42. The van der Waals surface area contributed by atoms with E-state index >= 15 is 0 Å². The lowest BCUT2D eigenvalue weighted by molar-refractivity contribution is 0.286. The van der Waals surface area contributed by atoms with Crippen molar-refractivity contribution in [1.29, 1.82) is 5.26 Å². The maximum atomic E-state index is 8.75. The maximum absolute atomic E-state index is 8.75. The van der Waals surface area contributed by atoms with E-state index < -0.39 is 0 Å². The fraction of sp³-hybridized carbons (Fsp3) is 0.500. The summed E-state index contributed by atoms with van der Waals surface area (Å²) in [6.45, 7) is 0.911. The van der Waals surface area contributed by atoms with Crippen LogP contribution in [0.2, 0.25) is 0 Å². The van der Waals surface area contributed by atoms with Gasteiger partial charge in [0.1, 0.15) is 16.6 Å². The van der Waals surface area contributed by atoms with E-state index in [1.54, 1.807) is 0 Å². The SMILES string of the molecule is N#Cc1c(N)nsc1NCCCCO. The first-order valence-corrected chi connectivity index (χ1v) is 5.07. The summed E-state index contributed by atoms with van der Waals surface area (Å²) < 4.78 is 3.87. The first kappa shape index (κ1) is 10.8. The molecular weight excluding hydrogens is 200 g/mol. The Hall–Kier alpha value is -1.32. The number of nitrogens with one attached hydrogen (secondary N) is 1. The monoisotopic (exact) mass is 212 g/mol. The highest BCUT2D eigenvalue weighted by molar-refractivity contribution is 7.10. The number of aliphatic hydroxyl groups is 1. The third-order valence-electron chi connectivity index (χ3n) is 1.70. The van der Waals surface area contributed by atoms with Gasteiger partial charge in [0, 0.05) is 13.2 Å². The molecule has 1 heterocycles. The van der Waals surface area contributed by atoms with E-state index in [9.17, 15) is 0 Å². The van der Waals surface area contributed by atoms with Gasteiger partial charge in [-0.3, -0.25) is 0 Å². The average molecular weight is 212 g/mol. The largest absolute Gasteiger partial charge is 0.396 e. The molecule has 0 spiro atoms. The van der Waals surface area contributed by atoms with E-state index in [0.29, 0.717) is 10.6 Å². The summed E-state index contributed by atoms with van der Waals surface area (Å²) in [6.07, 6.45) is 1.61. The summed E-state index contributed by atoms with van der Waals surface area (Å²) in [4.78, 5) is 0. The predicted octanol–water partition coefficient (Wildman–Crippen LogP) is 0.781. The summed E-state index contributed by atoms with van der Waals surface area (Å²) in [5.41, 5.74) is 5.89. The summed E-state index contributed by atoms with van der Waals surface area (Å²) >= 11 is 1.19. The zero-order valence-electron chi connectivity index (χ0n) is 7.66. The van der Waals surface area contributed by atoms with Crippen LogP contribution in [0.1, 0.15) is 18.4 Å². The van der Waals surface area contributed by atoms with Crippen molar-refractivity contribution < 1.29 is 5.11 Å². The summed E-state index contributed by atoms with van der Waals surface area (Å²) in [5, 5.41) is 21.1. The van der Waals surface area contributed by atoms with Crippen LogP contribution in [-0.4, -0.2) is 22.6 Å². The quantitative estimate of drug-likeness (QED) is 0.627. The van der Waals surface area contributed by atoms with Gasteiger partial charge in [-0.1, -0.05) is 0 Å². The van der Waals surface area contributed by atoms with Crippen molar-refractivity contribution in [2.24, 2.45) is 0 Å². The molecule has 0 saturated heterocycles. The van der Waals surface area contributed by atoms with Crippen molar-refractivity contribution in [1.82, 2.24) is 4.37 Å². The second-order valence-corrected chi connectivity index (χ2v) is 3.51. The van der Waals surface area contributed by atoms with Crippen molar-refractivity contribution in [2.45, 2.75) is 12.8 Å².